The Balaban J connectivity index is 1.86. The molecule has 0 fully saturated rings. The molecule has 0 unspecified atom stereocenters. The predicted molar refractivity (Wildman–Crippen MR) is 81.4 cm³/mol. The van der Waals surface area contributed by atoms with Gasteiger partial charge >= 0.3 is 0 Å². The van der Waals surface area contributed by atoms with Gasteiger partial charge in [0, 0.05) is 10.9 Å². The monoisotopic (exact) mass is 315 g/mol. The summed E-state index contributed by atoms with van der Waals surface area (Å²) in [6, 6.07) is 10.4. The second-order valence-corrected chi connectivity index (χ2v) is 5.22. The number of hydrogen-bond donors (Lipinski definition) is 1. The lowest BCUT2D eigenvalue weighted by atomic mass is 10.2. The second kappa shape index (κ2) is 4.64. The number of rotatable bonds is 1. The van der Waals surface area contributed by atoms with E-state index in [1.165, 1.54) is 10.7 Å². The van der Waals surface area contributed by atoms with Crippen LogP contribution in [0, 0.1) is 0 Å². The van der Waals surface area contributed by atoms with Crippen molar-refractivity contribution in [3.8, 4) is 11.5 Å². The van der Waals surface area contributed by atoms with Crippen LogP contribution >= 0.6 is 11.6 Å². The van der Waals surface area contributed by atoms with Gasteiger partial charge in [-0.1, -0.05) is 23.7 Å². The molecule has 0 atom stereocenters. The summed E-state index contributed by atoms with van der Waals surface area (Å²) in [6.45, 7) is 0.0876. The maximum atomic E-state index is 12.7. The van der Waals surface area contributed by atoms with Gasteiger partial charge in [-0.15, -0.1) is 5.10 Å². The van der Waals surface area contributed by atoms with E-state index in [2.05, 4.69) is 5.10 Å². The highest BCUT2D eigenvalue weighted by atomic mass is 35.5. The highest BCUT2D eigenvalue weighted by Gasteiger charge is 2.23. The van der Waals surface area contributed by atoms with E-state index in [0.717, 1.165) is 5.39 Å². The number of benzene rings is 2. The lowest BCUT2D eigenvalue weighted by Crippen LogP contribution is -2.13. The van der Waals surface area contributed by atoms with E-state index in [-0.39, 0.29) is 12.7 Å². The Bertz CT molecular complexity index is 920. The van der Waals surface area contributed by atoms with Gasteiger partial charge in [0.05, 0.1) is 10.5 Å². The van der Waals surface area contributed by atoms with Gasteiger partial charge in [-0.2, -0.15) is 4.68 Å². The van der Waals surface area contributed by atoms with E-state index in [9.17, 15) is 4.79 Å². The molecule has 0 bridgehead atoms. The van der Waals surface area contributed by atoms with E-state index in [1.807, 2.05) is 18.2 Å². The quantitative estimate of drug-likeness (QED) is 0.747. The largest absolute Gasteiger partial charge is 0.454 e. The SMILES string of the molecule is Nc1nn(C(=O)c2cc(Cl)c3c(c2)OCO3)c2ccccc12. The van der Waals surface area contributed by atoms with Crippen LogP contribution in [0.3, 0.4) is 0 Å². The van der Waals surface area contributed by atoms with Crippen LogP contribution in [-0.2, 0) is 0 Å². The summed E-state index contributed by atoms with van der Waals surface area (Å²) >= 11 is 6.12. The van der Waals surface area contributed by atoms with Crippen molar-refractivity contribution < 1.29 is 14.3 Å². The lowest BCUT2D eigenvalue weighted by molar-refractivity contribution is 0.0950. The zero-order valence-corrected chi connectivity index (χ0v) is 12.0. The molecule has 1 aliphatic heterocycles. The zero-order valence-electron chi connectivity index (χ0n) is 11.2. The molecule has 110 valence electrons. The number of ether oxygens (including phenoxy) is 2. The molecule has 0 amide bonds. The highest BCUT2D eigenvalue weighted by Crippen LogP contribution is 2.40. The predicted octanol–water partition coefficient (Wildman–Crippen LogP) is 2.69. The average molecular weight is 316 g/mol. The second-order valence-electron chi connectivity index (χ2n) is 4.81. The Morgan fingerprint density at radius 2 is 2.09 bits per heavy atom. The van der Waals surface area contributed by atoms with E-state index in [4.69, 9.17) is 26.8 Å². The standard InChI is InChI=1S/C15H10ClN3O3/c16-10-5-8(6-12-13(10)22-7-21-12)15(20)19-11-4-2-1-3-9(11)14(17)18-19/h1-6H,7H2,(H2,17,18). The van der Waals surface area contributed by atoms with Gasteiger partial charge in [0.2, 0.25) is 6.79 Å². The third-order valence-corrected chi connectivity index (χ3v) is 3.76. The third kappa shape index (κ3) is 1.81. The van der Waals surface area contributed by atoms with Crippen molar-refractivity contribution in [2.45, 2.75) is 0 Å². The minimum Gasteiger partial charge on any atom is -0.454 e. The van der Waals surface area contributed by atoms with Crippen molar-refractivity contribution >= 4 is 34.2 Å². The summed E-state index contributed by atoms with van der Waals surface area (Å²) in [5.74, 6) is 0.854. The summed E-state index contributed by atoms with van der Waals surface area (Å²) < 4.78 is 11.8. The Morgan fingerprint density at radius 1 is 1.27 bits per heavy atom. The van der Waals surface area contributed by atoms with Crippen molar-refractivity contribution in [2.75, 3.05) is 12.5 Å². The molecule has 0 spiro atoms. The molecule has 1 aromatic heterocycles. The molecule has 0 saturated heterocycles. The number of para-hydroxylation sites is 1. The molecule has 0 saturated carbocycles. The number of anilines is 1. The molecule has 22 heavy (non-hydrogen) atoms. The minimum atomic E-state index is -0.340. The Kier molecular flexibility index (Phi) is 2.74. The van der Waals surface area contributed by atoms with Crippen molar-refractivity contribution in [1.82, 2.24) is 9.78 Å². The number of carbonyl (C=O) groups is 1. The van der Waals surface area contributed by atoms with E-state index >= 15 is 0 Å². The molecular weight excluding hydrogens is 306 g/mol. The van der Waals surface area contributed by atoms with Crippen LogP contribution in [0.5, 0.6) is 11.5 Å². The van der Waals surface area contributed by atoms with Crippen molar-refractivity contribution in [1.29, 1.82) is 0 Å². The topological polar surface area (TPSA) is 79.4 Å². The maximum absolute atomic E-state index is 12.7. The smallest absolute Gasteiger partial charge is 0.278 e. The van der Waals surface area contributed by atoms with Crippen molar-refractivity contribution in [3.05, 3.63) is 47.0 Å². The van der Waals surface area contributed by atoms with Crippen LogP contribution in [-0.4, -0.2) is 22.5 Å². The molecule has 6 nitrogen and oxygen atoms in total. The van der Waals surface area contributed by atoms with Gasteiger partial charge in [-0.3, -0.25) is 4.79 Å². The van der Waals surface area contributed by atoms with Crippen molar-refractivity contribution in [2.24, 2.45) is 0 Å². The van der Waals surface area contributed by atoms with E-state index in [1.54, 1.807) is 12.1 Å². The highest BCUT2D eigenvalue weighted by molar-refractivity contribution is 6.32. The summed E-state index contributed by atoms with van der Waals surface area (Å²) in [5, 5.41) is 5.17. The first-order valence-electron chi connectivity index (χ1n) is 6.52. The Labute approximate surface area is 130 Å². The van der Waals surface area contributed by atoms with Gasteiger partial charge < -0.3 is 15.2 Å². The molecule has 2 N–H and O–H groups in total. The fourth-order valence-electron chi connectivity index (χ4n) is 2.46. The lowest BCUT2D eigenvalue weighted by Gasteiger charge is -2.05. The first kappa shape index (κ1) is 13.0. The number of fused-ring (bicyclic) bond motifs is 2. The molecule has 2 aromatic carbocycles. The molecular formula is C15H10ClN3O3. The third-order valence-electron chi connectivity index (χ3n) is 3.48. The average Bonchev–Trinajstić information content (AvgIpc) is 3.12. The van der Waals surface area contributed by atoms with Crippen LogP contribution < -0.4 is 15.2 Å². The Hall–Kier alpha value is -2.73. The van der Waals surface area contributed by atoms with Crippen LogP contribution in [0.15, 0.2) is 36.4 Å². The normalized spacial score (nSPS) is 12.8. The van der Waals surface area contributed by atoms with Gasteiger partial charge in [-0.25, -0.2) is 0 Å². The summed E-state index contributed by atoms with van der Waals surface area (Å²) in [6.07, 6.45) is 0. The number of halogens is 1. The molecule has 4 rings (SSSR count). The van der Waals surface area contributed by atoms with Crippen molar-refractivity contribution in [3.63, 3.8) is 0 Å². The number of nitrogens with zero attached hydrogens (tertiary/aromatic N) is 2. The van der Waals surface area contributed by atoms with Crippen LogP contribution in [0.4, 0.5) is 5.82 Å². The van der Waals surface area contributed by atoms with E-state index < -0.39 is 0 Å². The summed E-state index contributed by atoms with van der Waals surface area (Å²) in [5.41, 5.74) is 6.85. The van der Waals surface area contributed by atoms with Gasteiger partial charge in [-0.05, 0) is 24.3 Å². The van der Waals surface area contributed by atoms with Crippen LogP contribution in [0.1, 0.15) is 10.4 Å². The van der Waals surface area contributed by atoms with Gasteiger partial charge in [0.15, 0.2) is 17.3 Å². The molecule has 1 aliphatic rings. The summed E-state index contributed by atoms with van der Waals surface area (Å²) in [4.78, 5) is 12.7. The minimum absolute atomic E-state index is 0.0876. The van der Waals surface area contributed by atoms with Gasteiger partial charge in [0.1, 0.15) is 0 Å². The maximum Gasteiger partial charge on any atom is 0.278 e. The molecule has 0 radical (unpaired) electrons. The number of nitrogens with two attached hydrogens (primary N) is 1. The van der Waals surface area contributed by atoms with Gasteiger partial charge in [0.25, 0.3) is 5.91 Å². The number of carbonyl (C=O) groups excluding carboxylic acids is 1. The Morgan fingerprint density at radius 3 is 2.95 bits per heavy atom. The fourth-order valence-corrected chi connectivity index (χ4v) is 2.72. The summed E-state index contributed by atoms with van der Waals surface area (Å²) in [7, 11) is 0. The molecule has 2 heterocycles. The number of nitrogen functional groups attached to an aromatic ring is 1. The number of aromatic nitrogens is 2. The first-order chi connectivity index (χ1) is 10.6. The fraction of sp³-hybridized carbons (Fsp3) is 0.0667. The zero-order chi connectivity index (χ0) is 15.3. The van der Waals surface area contributed by atoms with Crippen LogP contribution in [0.2, 0.25) is 5.02 Å². The first-order valence-corrected chi connectivity index (χ1v) is 6.90. The number of hydrogen-bond acceptors (Lipinski definition) is 5. The molecule has 3 aromatic rings. The molecule has 7 heteroatoms. The molecule has 0 aliphatic carbocycles. The van der Waals surface area contributed by atoms with E-state index in [0.29, 0.717) is 33.4 Å². The van der Waals surface area contributed by atoms with Crippen LogP contribution in [0.25, 0.3) is 10.9 Å².